The number of aliphatic hydroxyl groups excluding tert-OH is 1. The lowest BCUT2D eigenvalue weighted by Crippen LogP contribution is -2.37. The summed E-state index contributed by atoms with van der Waals surface area (Å²) in [5, 5.41) is 9.10. The van der Waals surface area contributed by atoms with E-state index in [1.165, 1.54) is 0 Å². The van der Waals surface area contributed by atoms with E-state index in [1.807, 2.05) is 4.90 Å². The summed E-state index contributed by atoms with van der Waals surface area (Å²) >= 11 is -1.73. The molecule has 0 aromatic heterocycles. The van der Waals surface area contributed by atoms with Crippen LogP contribution in [0.1, 0.15) is 12.8 Å². The highest BCUT2D eigenvalue weighted by Gasteiger charge is 2.17. The van der Waals surface area contributed by atoms with E-state index in [2.05, 4.69) is 0 Å². The maximum absolute atomic E-state index is 10.4. The molecule has 0 saturated carbocycles. The molecule has 1 heterocycles. The number of likely N-dealkylation sites (tertiary alicyclic amines) is 1. The van der Waals surface area contributed by atoms with Crippen molar-refractivity contribution in [3.8, 4) is 0 Å². The lowest BCUT2D eigenvalue weighted by molar-refractivity contribution is 0.0905. The van der Waals surface area contributed by atoms with Crippen molar-refractivity contribution >= 4 is 11.1 Å². The Morgan fingerprint density at radius 3 is 2.45 bits per heavy atom. The van der Waals surface area contributed by atoms with E-state index in [0.29, 0.717) is 0 Å². The monoisotopic (exact) mass is 179 g/mol. The second kappa shape index (κ2) is 4.15. The van der Waals surface area contributed by atoms with Crippen molar-refractivity contribution in [1.82, 2.24) is 4.90 Å². The summed E-state index contributed by atoms with van der Waals surface area (Å²) in [6.07, 6.45) is 1.23. The van der Waals surface area contributed by atoms with Gasteiger partial charge in [0.15, 0.2) is 11.1 Å². The number of rotatable bonds is 2. The van der Waals surface area contributed by atoms with Crippen LogP contribution in [0.15, 0.2) is 0 Å². The van der Waals surface area contributed by atoms with Crippen LogP contribution in [0.4, 0.5) is 0 Å². The van der Waals surface area contributed by atoms with Gasteiger partial charge in [0.25, 0.3) is 0 Å². The molecule has 2 N–H and O–H groups in total. The maximum atomic E-state index is 10.4. The second-order valence-corrected chi connectivity index (χ2v) is 3.70. The predicted molar refractivity (Wildman–Crippen MR) is 42.5 cm³/mol. The van der Waals surface area contributed by atoms with Crippen LogP contribution in [-0.4, -0.2) is 43.8 Å². The second-order valence-electron chi connectivity index (χ2n) is 2.80. The number of aliphatic hydroxyl groups is 1. The molecule has 0 spiro atoms. The first-order valence-corrected chi connectivity index (χ1v) is 4.94. The van der Waals surface area contributed by atoms with Crippen molar-refractivity contribution in [3.63, 3.8) is 0 Å². The largest absolute Gasteiger partial charge is 0.393 e. The van der Waals surface area contributed by atoms with Gasteiger partial charge >= 0.3 is 0 Å². The molecule has 11 heavy (non-hydrogen) atoms. The van der Waals surface area contributed by atoms with Crippen LogP contribution in [0.5, 0.6) is 0 Å². The highest BCUT2D eigenvalue weighted by Crippen LogP contribution is 2.09. The number of hydrogen-bond acceptors (Lipinski definition) is 3. The van der Waals surface area contributed by atoms with Gasteiger partial charge in [0.05, 0.1) is 6.10 Å². The van der Waals surface area contributed by atoms with Crippen LogP contribution in [-0.2, 0) is 11.1 Å². The lowest BCUT2D eigenvalue weighted by atomic mass is 10.1. The third-order valence-corrected chi connectivity index (χ3v) is 2.44. The molecule has 0 bridgehead atoms. The predicted octanol–water partition coefficient (Wildman–Crippen LogP) is -0.378. The molecular formula is C6H13NO3S. The van der Waals surface area contributed by atoms with E-state index < -0.39 is 11.1 Å². The van der Waals surface area contributed by atoms with Gasteiger partial charge in [-0.2, -0.15) is 0 Å². The summed E-state index contributed by atoms with van der Waals surface area (Å²) < 4.78 is 18.9. The topological polar surface area (TPSA) is 60.8 Å². The van der Waals surface area contributed by atoms with Gasteiger partial charge in [-0.15, -0.1) is 0 Å². The third kappa shape index (κ3) is 3.29. The fourth-order valence-electron chi connectivity index (χ4n) is 1.20. The lowest BCUT2D eigenvalue weighted by Gasteiger charge is -2.27. The zero-order valence-electron chi connectivity index (χ0n) is 6.27. The summed E-state index contributed by atoms with van der Waals surface area (Å²) in [4.78, 5) is 1.89. The molecule has 1 unspecified atom stereocenters. The van der Waals surface area contributed by atoms with Crippen LogP contribution in [0.2, 0.25) is 0 Å². The molecule has 1 aliphatic rings. The SMILES string of the molecule is O=S(O)CN1CCC(O)CC1. The normalized spacial score (nSPS) is 25.3. The highest BCUT2D eigenvalue weighted by atomic mass is 32.2. The maximum Gasteiger partial charge on any atom is 0.167 e. The first-order chi connectivity index (χ1) is 5.18. The molecule has 1 rings (SSSR count). The van der Waals surface area contributed by atoms with Crippen molar-refractivity contribution in [2.45, 2.75) is 18.9 Å². The van der Waals surface area contributed by atoms with Crippen molar-refractivity contribution in [2.24, 2.45) is 0 Å². The molecule has 0 aromatic carbocycles. The summed E-state index contributed by atoms with van der Waals surface area (Å²) in [6.45, 7) is 1.46. The summed E-state index contributed by atoms with van der Waals surface area (Å²) in [5.74, 6) is 0.215. The van der Waals surface area contributed by atoms with E-state index in [9.17, 15) is 4.21 Å². The van der Waals surface area contributed by atoms with Gasteiger partial charge in [-0.3, -0.25) is 4.90 Å². The Kier molecular flexibility index (Phi) is 3.45. The molecule has 0 aromatic rings. The Labute approximate surface area is 68.5 Å². The molecule has 1 saturated heterocycles. The first kappa shape index (κ1) is 9.12. The number of hydrogen-bond donors (Lipinski definition) is 2. The van der Waals surface area contributed by atoms with E-state index >= 15 is 0 Å². The summed E-state index contributed by atoms with van der Waals surface area (Å²) in [6, 6.07) is 0. The third-order valence-electron chi connectivity index (χ3n) is 1.85. The molecule has 66 valence electrons. The molecule has 1 aliphatic heterocycles. The fourth-order valence-corrected chi connectivity index (χ4v) is 1.78. The summed E-state index contributed by atoms with van der Waals surface area (Å²) in [7, 11) is 0. The molecule has 0 aliphatic carbocycles. The quantitative estimate of drug-likeness (QED) is 0.567. The molecular weight excluding hydrogens is 166 g/mol. The number of piperidine rings is 1. The Hall–Kier alpha value is 0.0300. The van der Waals surface area contributed by atoms with Crippen LogP contribution >= 0.6 is 0 Å². The van der Waals surface area contributed by atoms with Gasteiger partial charge in [0.2, 0.25) is 0 Å². The van der Waals surface area contributed by atoms with Crippen molar-refractivity contribution in [2.75, 3.05) is 19.0 Å². The highest BCUT2D eigenvalue weighted by molar-refractivity contribution is 7.79. The number of nitrogens with zero attached hydrogens (tertiary/aromatic N) is 1. The van der Waals surface area contributed by atoms with Gasteiger partial charge in [-0.1, -0.05) is 0 Å². The minimum Gasteiger partial charge on any atom is -0.393 e. The van der Waals surface area contributed by atoms with Crippen molar-refractivity contribution < 1.29 is 13.9 Å². The first-order valence-electron chi connectivity index (χ1n) is 3.66. The molecule has 1 fully saturated rings. The average Bonchev–Trinajstić information content (AvgIpc) is 1.93. The van der Waals surface area contributed by atoms with Gasteiger partial charge in [0.1, 0.15) is 5.88 Å². The summed E-state index contributed by atoms with van der Waals surface area (Å²) in [5.41, 5.74) is 0. The molecule has 1 atom stereocenters. The van der Waals surface area contributed by atoms with Crippen LogP contribution in [0.3, 0.4) is 0 Å². The zero-order chi connectivity index (χ0) is 8.27. The Morgan fingerprint density at radius 2 is 2.00 bits per heavy atom. The van der Waals surface area contributed by atoms with Gasteiger partial charge < -0.3 is 9.66 Å². The zero-order valence-corrected chi connectivity index (χ0v) is 7.09. The van der Waals surface area contributed by atoms with Gasteiger partial charge in [0, 0.05) is 13.1 Å². The minimum absolute atomic E-state index is 0.210. The molecule has 4 nitrogen and oxygen atoms in total. The standard InChI is InChI=1S/C6H13NO3S/c8-6-1-3-7(4-2-6)5-11(9)10/h6,8H,1-5H2,(H,9,10). The van der Waals surface area contributed by atoms with Crippen LogP contribution in [0, 0.1) is 0 Å². The van der Waals surface area contributed by atoms with E-state index in [4.69, 9.17) is 9.66 Å². The Bertz CT molecular complexity index is 145. The molecule has 0 radical (unpaired) electrons. The van der Waals surface area contributed by atoms with Crippen molar-refractivity contribution in [3.05, 3.63) is 0 Å². The van der Waals surface area contributed by atoms with Gasteiger partial charge in [-0.05, 0) is 12.8 Å². The van der Waals surface area contributed by atoms with Crippen LogP contribution < -0.4 is 0 Å². The molecule has 5 heteroatoms. The smallest absolute Gasteiger partial charge is 0.167 e. The van der Waals surface area contributed by atoms with E-state index in [0.717, 1.165) is 25.9 Å². The molecule has 0 amide bonds. The average molecular weight is 179 g/mol. The van der Waals surface area contributed by atoms with Crippen molar-refractivity contribution in [1.29, 1.82) is 0 Å². The van der Waals surface area contributed by atoms with E-state index in [-0.39, 0.29) is 12.0 Å². The van der Waals surface area contributed by atoms with Gasteiger partial charge in [-0.25, -0.2) is 4.21 Å². The Morgan fingerprint density at radius 1 is 1.45 bits per heavy atom. The van der Waals surface area contributed by atoms with E-state index in [1.54, 1.807) is 0 Å². The van der Waals surface area contributed by atoms with Crippen LogP contribution in [0.25, 0.3) is 0 Å². The fraction of sp³-hybridized carbons (Fsp3) is 1.00. The Balaban J connectivity index is 2.22. The minimum atomic E-state index is -1.73.